The SMILES string of the molecule is CC(C)(C)C(=O)CCOCCN1C(=O)C=CC1=O. The van der Waals surface area contributed by atoms with Crippen LogP contribution in [-0.2, 0) is 19.1 Å². The van der Waals surface area contributed by atoms with Gasteiger partial charge in [0.1, 0.15) is 5.78 Å². The summed E-state index contributed by atoms with van der Waals surface area (Å²) in [5, 5.41) is 0. The van der Waals surface area contributed by atoms with Gasteiger partial charge in [0.25, 0.3) is 11.8 Å². The van der Waals surface area contributed by atoms with Crippen molar-refractivity contribution in [1.29, 1.82) is 0 Å². The summed E-state index contributed by atoms with van der Waals surface area (Å²) in [7, 11) is 0. The number of imide groups is 1. The molecule has 1 aliphatic rings. The molecule has 0 aromatic heterocycles. The smallest absolute Gasteiger partial charge is 0.253 e. The van der Waals surface area contributed by atoms with Crippen molar-refractivity contribution >= 4 is 17.6 Å². The van der Waals surface area contributed by atoms with E-state index in [2.05, 4.69) is 0 Å². The van der Waals surface area contributed by atoms with Crippen molar-refractivity contribution < 1.29 is 19.1 Å². The molecule has 0 bridgehead atoms. The van der Waals surface area contributed by atoms with Crippen molar-refractivity contribution in [3.05, 3.63) is 12.2 Å². The second-order valence-electron chi connectivity index (χ2n) is 5.20. The molecule has 5 heteroatoms. The van der Waals surface area contributed by atoms with Gasteiger partial charge in [-0.1, -0.05) is 20.8 Å². The first-order valence-corrected chi connectivity index (χ1v) is 5.97. The number of hydrogen-bond acceptors (Lipinski definition) is 4. The highest BCUT2D eigenvalue weighted by Crippen LogP contribution is 2.16. The van der Waals surface area contributed by atoms with Crippen molar-refractivity contribution in [2.45, 2.75) is 27.2 Å². The molecule has 0 saturated heterocycles. The Morgan fingerprint density at radius 3 is 2.22 bits per heavy atom. The zero-order valence-electron chi connectivity index (χ0n) is 11.1. The van der Waals surface area contributed by atoms with Crippen LogP contribution in [0.1, 0.15) is 27.2 Å². The number of ketones is 1. The van der Waals surface area contributed by atoms with Gasteiger partial charge >= 0.3 is 0 Å². The van der Waals surface area contributed by atoms with Gasteiger partial charge in [0.15, 0.2) is 0 Å². The fourth-order valence-electron chi connectivity index (χ4n) is 1.45. The van der Waals surface area contributed by atoms with E-state index in [1.807, 2.05) is 20.8 Å². The lowest BCUT2D eigenvalue weighted by Gasteiger charge is -2.17. The van der Waals surface area contributed by atoms with E-state index in [9.17, 15) is 14.4 Å². The zero-order chi connectivity index (χ0) is 13.8. The van der Waals surface area contributed by atoms with Crippen LogP contribution in [-0.4, -0.2) is 42.3 Å². The molecule has 0 N–H and O–H groups in total. The number of nitrogens with zero attached hydrogens (tertiary/aromatic N) is 1. The molecule has 0 radical (unpaired) electrons. The fraction of sp³-hybridized carbons (Fsp3) is 0.615. The Hall–Kier alpha value is -1.49. The largest absolute Gasteiger partial charge is 0.379 e. The highest BCUT2D eigenvalue weighted by Gasteiger charge is 2.23. The molecule has 0 aromatic rings. The van der Waals surface area contributed by atoms with Crippen molar-refractivity contribution in [1.82, 2.24) is 4.90 Å². The number of rotatable bonds is 6. The fourth-order valence-corrected chi connectivity index (χ4v) is 1.45. The molecule has 5 nitrogen and oxygen atoms in total. The highest BCUT2D eigenvalue weighted by molar-refractivity contribution is 6.12. The minimum atomic E-state index is -0.353. The third-order valence-corrected chi connectivity index (χ3v) is 2.67. The summed E-state index contributed by atoms with van der Waals surface area (Å²) in [6.45, 7) is 6.40. The topological polar surface area (TPSA) is 63.7 Å². The van der Waals surface area contributed by atoms with Gasteiger partial charge < -0.3 is 4.74 Å². The lowest BCUT2D eigenvalue weighted by atomic mass is 9.89. The molecule has 0 atom stereocenters. The Morgan fingerprint density at radius 2 is 1.72 bits per heavy atom. The van der Waals surface area contributed by atoms with Gasteiger partial charge in [-0.25, -0.2) is 0 Å². The Morgan fingerprint density at radius 1 is 1.17 bits per heavy atom. The molecule has 0 aliphatic carbocycles. The van der Waals surface area contributed by atoms with Crippen LogP contribution < -0.4 is 0 Å². The lowest BCUT2D eigenvalue weighted by Crippen LogP contribution is -2.33. The summed E-state index contributed by atoms with van der Waals surface area (Å²) < 4.78 is 5.26. The highest BCUT2D eigenvalue weighted by atomic mass is 16.5. The molecule has 0 unspecified atom stereocenters. The van der Waals surface area contributed by atoms with Crippen LogP contribution >= 0.6 is 0 Å². The number of ether oxygens (including phenoxy) is 1. The van der Waals surface area contributed by atoms with Crippen molar-refractivity contribution in [3.63, 3.8) is 0 Å². The van der Waals surface area contributed by atoms with E-state index in [-0.39, 0.29) is 36.2 Å². The molecular weight excluding hydrogens is 234 g/mol. The third-order valence-electron chi connectivity index (χ3n) is 2.67. The van der Waals surface area contributed by atoms with Crippen LogP contribution in [0.25, 0.3) is 0 Å². The average Bonchev–Trinajstić information content (AvgIpc) is 2.58. The molecule has 0 saturated carbocycles. The van der Waals surface area contributed by atoms with Gasteiger partial charge in [-0.05, 0) is 0 Å². The van der Waals surface area contributed by atoms with Crippen LogP contribution in [0.4, 0.5) is 0 Å². The van der Waals surface area contributed by atoms with E-state index in [4.69, 9.17) is 4.74 Å². The van der Waals surface area contributed by atoms with E-state index in [0.29, 0.717) is 13.0 Å². The van der Waals surface area contributed by atoms with Crippen molar-refractivity contribution in [2.24, 2.45) is 5.41 Å². The maximum atomic E-state index is 11.6. The molecule has 18 heavy (non-hydrogen) atoms. The van der Waals surface area contributed by atoms with Gasteiger partial charge in [-0.2, -0.15) is 0 Å². The van der Waals surface area contributed by atoms with E-state index in [1.165, 1.54) is 12.2 Å². The summed E-state index contributed by atoms with van der Waals surface area (Å²) in [6.07, 6.45) is 2.83. The molecule has 1 heterocycles. The predicted octanol–water partition coefficient (Wildman–Crippen LogP) is 0.933. The van der Waals surface area contributed by atoms with E-state index >= 15 is 0 Å². The first-order chi connectivity index (χ1) is 8.32. The van der Waals surface area contributed by atoms with E-state index in [0.717, 1.165) is 4.90 Å². The van der Waals surface area contributed by atoms with Crippen molar-refractivity contribution in [3.8, 4) is 0 Å². The van der Waals surface area contributed by atoms with Crippen LogP contribution in [0, 0.1) is 5.41 Å². The Kier molecular flexibility index (Phi) is 4.78. The Bertz CT molecular complexity index is 361. The molecule has 0 spiro atoms. The maximum Gasteiger partial charge on any atom is 0.253 e. The van der Waals surface area contributed by atoms with Gasteiger partial charge in [0.2, 0.25) is 0 Å². The molecule has 1 rings (SSSR count). The maximum absolute atomic E-state index is 11.6. The van der Waals surface area contributed by atoms with Crippen LogP contribution in [0.2, 0.25) is 0 Å². The molecular formula is C13H19NO4. The predicted molar refractivity (Wildman–Crippen MR) is 65.8 cm³/mol. The molecule has 2 amide bonds. The first kappa shape index (κ1) is 14.6. The summed E-state index contributed by atoms with van der Waals surface area (Å²) in [5.41, 5.74) is -0.353. The Balaban J connectivity index is 2.15. The first-order valence-electron chi connectivity index (χ1n) is 5.97. The number of Topliss-reactive ketones (excluding diaryl/α,β-unsaturated/α-hetero) is 1. The van der Waals surface area contributed by atoms with Gasteiger partial charge in [0.05, 0.1) is 19.8 Å². The van der Waals surface area contributed by atoms with Gasteiger partial charge in [-0.3, -0.25) is 19.3 Å². The second kappa shape index (κ2) is 5.91. The standard InChI is InChI=1S/C13H19NO4/c1-13(2,3)10(15)6-8-18-9-7-14-11(16)4-5-12(14)17/h4-5H,6-9H2,1-3H3. The van der Waals surface area contributed by atoms with E-state index < -0.39 is 0 Å². The van der Waals surface area contributed by atoms with Crippen LogP contribution in [0.5, 0.6) is 0 Å². The molecule has 0 fully saturated rings. The minimum absolute atomic E-state index is 0.137. The normalized spacial score (nSPS) is 15.6. The molecule has 1 aliphatic heterocycles. The quantitative estimate of drug-likeness (QED) is 0.522. The summed E-state index contributed by atoms with van der Waals surface area (Å²) >= 11 is 0. The minimum Gasteiger partial charge on any atom is -0.379 e. The van der Waals surface area contributed by atoms with Crippen LogP contribution in [0.3, 0.4) is 0 Å². The zero-order valence-corrected chi connectivity index (χ0v) is 11.1. The lowest BCUT2D eigenvalue weighted by molar-refractivity contribution is -0.138. The summed E-state index contributed by atoms with van der Waals surface area (Å²) in [5.74, 6) is -0.485. The van der Waals surface area contributed by atoms with Gasteiger partial charge in [-0.15, -0.1) is 0 Å². The number of carbonyl (C=O) groups is 3. The van der Waals surface area contributed by atoms with Gasteiger partial charge in [0, 0.05) is 24.0 Å². The van der Waals surface area contributed by atoms with Crippen molar-refractivity contribution in [2.75, 3.05) is 19.8 Å². The molecule has 100 valence electrons. The Labute approximate surface area is 107 Å². The van der Waals surface area contributed by atoms with E-state index in [1.54, 1.807) is 0 Å². The third kappa shape index (κ3) is 4.07. The number of hydrogen-bond donors (Lipinski definition) is 0. The average molecular weight is 253 g/mol. The second-order valence-corrected chi connectivity index (χ2v) is 5.20. The summed E-state index contributed by atoms with van der Waals surface area (Å²) in [6, 6.07) is 0. The molecule has 0 aromatic carbocycles. The number of carbonyl (C=O) groups excluding carboxylic acids is 3. The monoisotopic (exact) mass is 253 g/mol. The summed E-state index contributed by atoms with van der Waals surface area (Å²) in [4.78, 5) is 35.1. The number of amides is 2. The van der Waals surface area contributed by atoms with Crippen LogP contribution in [0.15, 0.2) is 12.2 Å².